The van der Waals surface area contributed by atoms with Crippen LogP contribution in [-0.4, -0.2) is 32.5 Å². The third kappa shape index (κ3) is 2.00. The third-order valence-corrected chi connectivity index (χ3v) is 0.646. The topological polar surface area (TPSA) is 98.0 Å². The molecule has 0 saturated heterocycles. The van der Waals surface area contributed by atoms with Crippen molar-refractivity contribution in [3.05, 3.63) is 12.0 Å². The number of rotatable bonds is 2. The van der Waals surface area contributed by atoms with Crippen LogP contribution in [0.4, 0.5) is 0 Å². The van der Waals surface area contributed by atoms with Crippen LogP contribution in [0.3, 0.4) is 0 Å². The van der Waals surface area contributed by atoms with Crippen molar-refractivity contribution in [3.63, 3.8) is 0 Å². The van der Waals surface area contributed by atoms with E-state index in [9.17, 15) is 4.79 Å². The van der Waals surface area contributed by atoms with Crippen molar-refractivity contribution in [2.75, 3.05) is 0 Å². The molecule has 0 heterocycles. The van der Waals surface area contributed by atoms with Gasteiger partial charge in [0.1, 0.15) is 6.26 Å². The van der Waals surface area contributed by atoms with Crippen LogP contribution in [0.25, 0.3) is 0 Å². The van der Waals surface area contributed by atoms with Crippen molar-refractivity contribution in [1.82, 2.24) is 0 Å². The maximum Gasteiger partial charge on any atom is 0.340 e. The molecule has 9 heavy (non-hydrogen) atoms. The van der Waals surface area contributed by atoms with Crippen molar-refractivity contribution in [2.24, 2.45) is 0 Å². The normalized spacial score (nSPS) is 15.0. The molecule has 0 aliphatic heterocycles. The lowest BCUT2D eigenvalue weighted by Gasteiger charge is -2.00. The lowest BCUT2D eigenvalue weighted by Crippen LogP contribution is -2.21. The molecular formula is C4H6O5. The Balaban J connectivity index is 4.04. The van der Waals surface area contributed by atoms with Gasteiger partial charge in [-0.2, -0.15) is 0 Å². The van der Waals surface area contributed by atoms with Gasteiger partial charge in [0.15, 0.2) is 5.76 Å². The van der Waals surface area contributed by atoms with Gasteiger partial charge in [0.25, 0.3) is 0 Å². The molecule has 5 heteroatoms. The van der Waals surface area contributed by atoms with Crippen LogP contribution in [0.1, 0.15) is 0 Å². The van der Waals surface area contributed by atoms with E-state index in [1.54, 1.807) is 0 Å². The maximum atomic E-state index is 9.74. The molecule has 1 atom stereocenters. The number of hydrogen-bond donors (Lipinski definition) is 4. The van der Waals surface area contributed by atoms with Crippen LogP contribution in [-0.2, 0) is 4.79 Å². The molecule has 52 valence electrons. The monoisotopic (exact) mass is 134 g/mol. The fourth-order valence-corrected chi connectivity index (χ4v) is 0.197. The highest BCUT2D eigenvalue weighted by molar-refractivity contribution is 5.74. The summed E-state index contributed by atoms with van der Waals surface area (Å²) in [5.74, 6) is -2.60. The van der Waals surface area contributed by atoms with Gasteiger partial charge in [0.05, 0.1) is 0 Å². The summed E-state index contributed by atoms with van der Waals surface area (Å²) in [6, 6.07) is 0. The Morgan fingerprint density at radius 3 is 2.00 bits per heavy atom. The number of carbonyl (C=O) groups is 1. The van der Waals surface area contributed by atoms with E-state index in [2.05, 4.69) is 0 Å². The van der Waals surface area contributed by atoms with E-state index >= 15 is 0 Å². The van der Waals surface area contributed by atoms with Gasteiger partial charge in [0.2, 0.25) is 6.10 Å². The van der Waals surface area contributed by atoms with E-state index < -0.39 is 17.8 Å². The molecule has 0 aromatic rings. The van der Waals surface area contributed by atoms with Gasteiger partial charge in [-0.3, -0.25) is 0 Å². The quantitative estimate of drug-likeness (QED) is 0.377. The number of aliphatic carboxylic acids is 1. The average Bonchev–Trinajstić information content (AvgIpc) is 1.84. The van der Waals surface area contributed by atoms with E-state index in [1.807, 2.05) is 0 Å². The van der Waals surface area contributed by atoms with E-state index in [0.717, 1.165) is 0 Å². The standard InChI is InChI=1S/C4H6O5/c5-1-2(6)3(7)4(8)9/h1,3,5-7H,(H,8,9)/b2-1-. The van der Waals surface area contributed by atoms with Crippen molar-refractivity contribution >= 4 is 5.97 Å². The predicted octanol–water partition coefficient (Wildman–Crippen LogP) is -0.611. The van der Waals surface area contributed by atoms with Gasteiger partial charge >= 0.3 is 5.97 Å². The van der Waals surface area contributed by atoms with Crippen LogP contribution in [0.5, 0.6) is 0 Å². The van der Waals surface area contributed by atoms with E-state index in [0.29, 0.717) is 0 Å². The first kappa shape index (κ1) is 7.77. The summed E-state index contributed by atoms with van der Waals surface area (Å²) < 4.78 is 0. The summed E-state index contributed by atoms with van der Waals surface area (Å²) in [6.45, 7) is 0. The van der Waals surface area contributed by atoms with Gasteiger partial charge in [-0.05, 0) is 0 Å². The van der Waals surface area contributed by atoms with Gasteiger partial charge in [-0.1, -0.05) is 0 Å². The molecule has 0 fully saturated rings. The second kappa shape index (κ2) is 2.93. The molecule has 0 spiro atoms. The average molecular weight is 134 g/mol. The van der Waals surface area contributed by atoms with E-state index in [1.165, 1.54) is 0 Å². The summed E-state index contributed by atoms with van der Waals surface area (Å²) in [4.78, 5) is 9.74. The molecule has 0 saturated carbocycles. The summed E-state index contributed by atoms with van der Waals surface area (Å²) in [7, 11) is 0. The van der Waals surface area contributed by atoms with Gasteiger partial charge in [-0.25, -0.2) is 4.79 Å². The highest BCUT2D eigenvalue weighted by atomic mass is 16.4. The third-order valence-electron chi connectivity index (χ3n) is 0.646. The molecule has 5 nitrogen and oxygen atoms in total. The van der Waals surface area contributed by atoms with Crippen LogP contribution >= 0.6 is 0 Å². The van der Waals surface area contributed by atoms with E-state index in [4.69, 9.17) is 20.4 Å². The van der Waals surface area contributed by atoms with Gasteiger partial charge < -0.3 is 20.4 Å². The molecule has 0 aromatic carbocycles. The summed E-state index contributed by atoms with van der Waals surface area (Å²) in [5, 5.41) is 32.4. The van der Waals surface area contributed by atoms with Crippen molar-refractivity contribution in [1.29, 1.82) is 0 Å². The highest BCUT2D eigenvalue weighted by Crippen LogP contribution is 1.94. The molecule has 0 aliphatic rings. The minimum Gasteiger partial charge on any atom is -0.512 e. The Labute approximate surface area is 50.5 Å². The van der Waals surface area contributed by atoms with E-state index in [-0.39, 0.29) is 6.26 Å². The molecule has 0 amide bonds. The second-order valence-corrected chi connectivity index (χ2v) is 1.29. The highest BCUT2D eigenvalue weighted by Gasteiger charge is 2.17. The Morgan fingerprint density at radius 1 is 1.44 bits per heavy atom. The minimum absolute atomic E-state index is 0.124. The molecule has 0 rings (SSSR count). The summed E-state index contributed by atoms with van der Waals surface area (Å²) >= 11 is 0. The number of carboxylic acids is 1. The first-order valence-electron chi connectivity index (χ1n) is 2.03. The molecule has 0 aromatic heterocycles. The zero-order chi connectivity index (χ0) is 7.44. The van der Waals surface area contributed by atoms with Gasteiger partial charge in [0, 0.05) is 0 Å². The molecule has 4 N–H and O–H groups in total. The van der Waals surface area contributed by atoms with Crippen LogP contribution in [0, 0.1) is 0 Å². The number of carboxylic acid groups (broad SMARTS) is 1. The fraction of sp³-hybridized carbons (Fsp3) is 0.250. The largest absolute Gasteiger partial charge is 0.512 e. The number of aliphatic hydroxyl groups is 3. The predicted molar refractivity (Wildman–Crippen MR) is 27.0 cm³/mol. The first-order valence-corrected chi connectivity index (χ1v) is 2.03. The Hall–Kier alpha value is -1.23. The molecule has 0 radical (unpaired) electrons. The SMILES string of the molecule is O=C(O)C(O)/C(O)=C/O. The minimum atomic E-state index is -2.03. The Bertz CT molecular complexity index is 138. The molecule has 0 bridgehead atoms. The van der Waals surface area contributed by atoms with Crippen molar-refractivity contribution < 1.29 is 25.2 Å². The van der Waals surface area contributed by atoms with Crippen molar-refractivity contribution in [2.45, 2.75) is 6.10 Å². The lowest BCUT2D eigenvalue weighted by atomic mass is 10.3. The maximum absolute atomic E-state index is 9.74. The molecule has 0 aliphatic carbocycles. The van der Waals surface area contributed by atoms with Gasteiger partial charge in [-0.15, -0.1) is 0 Å². The van der Waals surface area contributed by atoms with Crippen LogP contribution in [0.2, 0.25) is 0 Å². The Kier molecular flexibility index (Phi) is 2.53. The Morgan fingerprint density at radius 2 is 1.89 bits per heavy atom. The number of aliphatic hydroxyl groups excluding tert-OH is 3. The zero-order valence-electron chi connectivity index (χ0n) is 4.35. The number of hydrogen-bond acceptors (Lipinski definition) is 4. The smallest absolute Gasteiger partial charge is 0.340 e. The van der Waals surface area contributed by atoms with Crippen molar-refractivity contribution in [3.8, 4) is 0 Å². The van der Waals surface area contributed by atoms with Crippen LogP contribution < -0.4 is 0 Å². The second-order valence-electron chi connectivity index (χ2n) is 1.29. The summed E-state index contributed by atoms with van der Waals surface area (Å²) in [5.41, 5.74) is 0. The molecule has 1 unspecified atom stereocenters. The zero-order valence-corrected chi connectivity index (χ0v) is 4.35. The lowest BCUT2D eigenvalue weighted by molar-refractivity contribution is -0.146. The first-order chi connectivity index (χ1) is 4.09. The molecular weight excluding hydrogens is 128 g/mol. The fourth-order valence-electron chi connectivity index (χ4n) is 0.197. The summed E-state index contributed by atoms with van der Waals surface area (Å²) in [6.07, 6.45) is -1.91. The van der Waals surface area contributed by atoms with Crippen LogP contribution in [0.15, 0.2) is 12.0 Å².